The first kappa shape index (κ1) is 9.58. The van der Waals surface area contributed by atoms with Crippen molar-refractivity contribution in [1.29, 1.82) is 5.41 Å². The predicted molar refractivity (Wildman–Crippen MR) is 54.6 cm³/mol. The van der Waals surface area contributed by atoms with E-state index in [0.29, 0.717) is 5.84 Å². The fraction of sp³-hybridized carbons (Fsp3) is 0.625. The first-order valence-electron chi connectivity index (χ1n) is 4.12. The van der Waals surface area contributed by atoms with Crippen LogP contribution in [0.1, 0.15) is 12.8 Å². The third kappa shape index (κ3) is 2.24. The molecule has 0 saturated carbocycles. The van der Waals surface area contributed by atoms with Crippen molar-refractivity contribution in [2.45, 2.75) is 12.8 Å². The van der Waals surface area contributed by atoms with Crippen molar-refractivity contribution in [2.75, 3.05) is 20.1 Å². The zero-order valence-corrected chi connectivity index (χ0v) is 8.82. The maximum Gasteiger partial charge on any atom is 0.136 e. The molecule has 0 aliphatic carbocycles. The van der Waals surface area contributed by atoms with Gasteiger partial charge < -0.3 is 10.2 Å². The molecule has 0 unspecified atom stereocenters. The van der Waals surface area contributed by atoms with Crippen molar-refractivity contribution in [3.8, 4) is 0 Å². The molecular weight excluding hydrogens is 218 g/mol. The van der Waals surface area contributed by atoms with Crippen LogP contribution in [0.15, 0.2) is 10.7 Å². The minimum Gasteiger partial charge on any atom is -0.393 e. The molecule has 4 heteroatoms. The van der Waals surface area contributed by atoms with Gasteiger partial charge in [0, 0.05) is 26.3 Å². The van der Waals surface area contributed by atoms with Crippen molar-refractivity contribution in [2.24, 2.45) is 0 Å². The maximum atomic E-state index is 7.77. The highest BCUT2D eigenvalue weighted by atomic mass is 79.9. The van der Waals surface area contributed by atoms with Crippen LogP contribution in [0.3, 0.4) is 0 Å². The van der Waals surface area contributed by atoms with E-state index >= 15 is 0 Å². The van der Waals surface area contributed by atoms with Gasteiger partial charge in [-0.3, -0.25) is 5.41 Å². The van der Waals surface area contributed by atoms with E-state index in [4.69, 9.17) is 5.41 Å². The second kappa shape index (κ2) is 4.50. The molecule has 0 radical (unpaired) electrons. The van der Waals surface area contributed by atoms with E-state index < -0.39 is 0 Å². The molecule has 0 amide bonds. The lowest BCUT2D eigenvalue weighted by Crippen LogP contribution is -2.27. The predicted octanol–water partition coefficient (Wildman–Crippen LogP) is 1.52. The zero-order valence-electron chi connectivity index (χ0n) is 7.23. The Hall–Kier alpha value is -0.510. The summed E-state index contributed by atoms with van der Waals surface area (Å²) in [5.74, 6) is 0.585. The van der Waals surface area contributed by atoms with E-state index in [2.05, 4.69) is 26.1 Å². The van der Waals surface area contributed by atoms with Gasteiger partial charge in [-0.05, 0) is 28.8 Å². The van der Waals surface area contributed by atoms with Gasteiger partial charge in [-0.15, -0.1) is 0 Å². The second-order valence-electron chi connectivity index (χ2n) is 2.82. The van der Waals surface area contributed by atoms with Gasteiger partial charge in [-0.2, -0.15) is 0 Å². The molecule has 1 aliphatic rings. The van der Waals surface area contributed by atoms with E-state index in [-0.39, 0.29) is 0 Å². The number of likely N-dealkylation sites (tertiary alicyclic amines) is 1. The van der Waals surface area contributed by atoms with Crippen LogP contribution in [0.2, 0.25) is 0 Å². The average molecular weight is 232 g/mol. The Bertz CT molecular complexity index is 194. The summed E-state index contributed by atoms with van der Waals surface area (Å²) >= 11 is 3.35. The fourth-order valence-electron chi connectivity index (χ4n) is 1.29. The Morgan fingerprint density at radius 3 is 2.58 bits per heavy atom. The maximum absolute atomic E-state index is 7.77. The molecule has 68 valence electrons. The topological polar surface area (TPSA) is 39.1 Å². The summed E-state index contributed by atoms with van der Waals surface area (Å²) in [6.45, 7) is 2.04. The summed E-state index contributed by atoms with van der Waals surface area (Å²) < 4.78 is 0.826. The monoisotopic (exact) mass is 231 g/mol. The van der Waals surface area contributed by atoms with Crippen LogP contribution in [0.5, 0.6) is 0 Å². The summed E-state index contributed by atoms with van der Waals surface area (Å²) in [6.07, 6.45) is 4.21. The van der Waals surface area contributed by atoms with E-state index in [0.717, 1.165) is 17.6 Å². The van der Waals surface area contributed by atoms with Crippen LogP contribution < -0.4 is 5.32 Å². The fourth-order valence-corrected chi connectivity index (χ4v) is 1.77. The van der Waals surface area contributed by atoms with Gasteiger partial charge in [0.1, 0.15) is 5.84 Å². The summed E-state index contributed by atoms with van der Waals surface area (Å²) in [4.78, 5) is 2.08. The molecule has 1 rings (SSSR count). The van der Waals surface area contributed by atoms with E-state index in [9.17, 15) is 0 Å². The molecule has 1 saturated heterocycles. The van der Waals surface area contributed by atoms with Crippen LogP contribution in [0.25, 0.3) is 0 Å². The smallest absolute Gasteiger partial charge is 0.136 e. The van der Waals surface area contributed by atoms with Crippen LogP contribution in [-0.2, 0) is 0 Å². The minimum absolute atomic E-state index is 0.585. The Morgan fingerprint density at radius 2 is 2.08 bits per heavy atom. The highest BCUT2D eigenvalue weighted by molar-refractivity contribution is 9.12. The van der Waals surface area contributed by atoms with Gasteiger partial charge in [0.2, 0.25) is 0 Å². The van der Waals surface area contributed by atoms with Crippen LogP contribution in [0, 0.1) is 5.41 Å². The Labute approximate surface area is 81.5 Å². The normalized spacial score (nSPS) is 18.2. The molecule has 3 nitrogen and oxygen atoms in total. The summed E-state index contributed by atoms with van der Waals surface area (Å²) in [5, 5.41) is 10.7. The molecule has 0 atom stereocenters. The van der Waals surface area contributed by atoms with Gasteiger partial charge in [-0.1, -0.05) is 0 Å². The Morgan fingerprint density at radius 1 is 1.50 bits per heavy atom. The van der Waals surface area contributed by atoms with Gasteiger partial charge >= 0.3 is 0 Å². The Balaban J connectivity index is 2.51. The van der Waals surface area contributed by atoms with Crippen LogP contribution >= 0.6 is 15.9 Å². The average Bonchev–Trinajstić information content (AvgIpc) is 2.55. The standard InChI is InChI=1S/C8H14BrN3/c1-11-6-7(9)8(10)12-4-2-3-5-12/h6,10-11H,2-5H2,1H3/b7-6+,10-8?. The van der Waals surface area contributed by atoms with Gasteiger partial charge in [0.05, 0.1) is 4.48 Å². The number of hydrogen-bond donors (Lipinski definition) is 2. The number of hydrogen-bond acceptors (Lipinski definition) is 2. The summed E-state index contributed by atoms with van der Waals surface area (Å²) in [6, 6.07) is 0. The molecule has 1 fully saturated rings. The number of nitrogens with zero attached hydrogens (tertiary/aromatic N) is 1. The highest BCUT2D eigenvalue weighted by Gasteiger charge is 2.16. The molecule has 0 aromatic rings. The summed E-state index contributed by atoms with van der Waals surface area (Å²) in [7, 11) is 1.83. The lowest BCUT2D eigenvalue weighted by molar-refractivity contribution is 0.518. The third-order valence-electron chi connectivity index (χ3n) is 1.92. The lowest BCUT2D eigenvalue weighted by Gasteiger charge is -2.17. The van der Waals surface area contributed by atoms with Gasteiger partial charge in [0.15, 0.2) is 0 Å². The first-order valence-corrected chi connectivity index (χ1v) is 4.92. The molecule has 0 aromatic heterocycles. The van der Waals surface area contributed by atoms with Crippen molar-refractivity contribution >= 4 is 21.8 Å². The van der Waals surface area contributed by atoms with E-state index in [1.54, 1.807) is 6.20 Å². The molecule has 0 bridgehead atoms. The van der Waals surface area contributed by atoms with Crippen molar-refractivity contribution in [3.63, 3.8) is 0 Å². The number of halogens is 1. The minimum atomic E-state index is 0.585. The first-order chi connectivity index (χ1) is 5.75. The molecule has 0 spiro atoms. The molecule has 1 heterocycles. The molecule has 12 heavy (non-hydrogen) atoms. The molecule has 1 aliphatic heterocycles. The highest BCUT2D eigenvalue weighted by Crippen LogP contribution is 2.14. The molecule has 0 aromatic carbocycles. The number of nitrogens with one attached hydrogen (secondary N) is 2. The summed E-state index contributed by atoms with van der Waals surface area (Å²) in [5.41, 5.74) is 0. The van der Waals surface area contributed by atoms with Gasteiger partial charge in [0.25, 0.3) is 0 Å². The SMILES string of the molecule is CN/C=C(/Br)C(=N)N1CCCC1. The number of amidine groups is 1. The van der Waals surface area contributed by atoms with Crippen molar-refractivity contribution in [3.05, 3.63) is 10.7 Å². The lowest BCUT2D eigenvalue weighted by atomic mass is 10.4. The second-order valence-corrected chi connectivity index (χ2v) is 3.68. The van der Waals surface area contributed by atoms with E-state index in [1.165, 1.54) is 12.8 Å². The van der Waals surface area contributed by atoms with Crippen molar-refractivity contribution in [1.82, 2.24) is 10.2 Å². The Kier molecular flexibility index (Phi) is 3.59. The molecule has 2 N–H and O–H groups in total. The largest absolute Gasteiger partial charge is 0.393 e. The third-order valence-corrected chi connectivity index (χ3v) is 2.52. The molecular formula is C8H14BrN3. The van der Waals surface area contributed by atoms with Crippen LogP contribution in [0.4, 0.5) is 0 Å². The number of rotatable bonds is 2. The van der Waals surface area contributed by atoms with E-state index in [1.807, 2.05) is 7.05 Å². The van der Waals surface area contributed by atoms with Crippen LogP contribution in [-0.4, -0.2) is 30.9 Å². The van der Waals surface area contributed by atoms with Gasteiger partial charge in [-0.25, -0.2) is 0 Å². The van der Waals surface area contributed by atoms with Crippen molar-refractivity contribution < 1.29 is 0 Å². The zero-order chi connectivity index (χ0) is 8.97. The quantitative estimate of drug-likeness (QED) is 0.559.